The van der Waals surface area contributed by atoms with E-state index in [1.807, 2.05) is 39.2 Å². The highest BCUT2D eigenvalue weighted by Gasteiger charge is 2.18. The number of para-hydroxylation sites is 1. The molecule has 194 valence electrons. The minimum atomic E-state index is -3.66. The Morgan fingerprint density at radius 2 is 1.86 bits per heavy atom. The SMILES string of the molecule is CCCOc1cc(NCCN(C)C)ccc1Nc1ncc(Br)c(Nc2ccccc2S(=O)(=O)NC)n1. The number of ether oxygens (including phenoxy) is 1. The number of benzene rings is 2. The van der Waals surface area contributed by atoms with Crippen LogP contribution in [0.2, 0.25) is 0 Å². The van der Waals surface area contributed by atoms with E-state index in [2.05, 4.69) is 51.5 Å². The molecule has 1 aromatic heterocycles. The summed E-state index contributed by atoms with van der Waals surface area (Å²) < 4.78 is 33.7. The van der Waals surface area contributed by atoms with Gasteiger partial charge < -0.3 is 25.6 Å². The zero-order chi connectivity index (χ0) is 26.1. The van der Waals surface area contributed by atoms with E-state index in [1.165, 1.54) is 13.1 Å². The van der Waals surface area contributed by atoms with Crippen molar-refractivity contribution < 1.29 is 13.2 Å². The molecule has 0 aliphatic carbocycles. The fourth-order valence-electron chi connectivity index (χ4n) is 3.17. The summed E-state index contributed by atoms with van der Waals surface area (Å²) in [7, 11) is 1.77. The van der Waals surface area contributed by atoms with E-state index in [-0.39, 0.29) is 4.90 Å². The fourth-order valence-corrected chi connectivity index (χ4v) is 4.34. The number of hydrogen-bond donors (Lipinski definition) is 4. The van der Waals surface area contributed by atoms with Crippen LogP contribution in [0.4, 0.5) is 28.8 Å². The van der Waals surface area contributed by atoms with Crippen molar-refractivity contribution >= 4 is 54.8 Å². The van der Waals surface area contributed by atoms with Crippen molar-refractivity contribution in [3.05, 3.63) is 53.1 Å². The van der Waals surface area contributed by atoms with E-state index in [0.29, 0.717) is 40.0 Å². The van der Waals surface area contributed by atoms with Crippen LogP contribution in [0, 0.1) is 0 Å². The predicted molar refractivity (Wildman–Crippen MR) is 148 cm³/mol. The second-order valence-electron chi connectivity index (χ2n) is 8.13. The monoisotopic (exact) mass is 577 g/mol. The molecule has 10 nitrogen and oxygen atoms in total. The van der Waals surface area contributed by atoms with Gasteiger partial charge in [0, 0.05) is 31.0 Å². The van der Waals surface area contributed by atoms with Crippen molar-refractivity contribution in [3.63, 3.8) is 0 Å². The van der Waals surface area contributed by atoms with Crippen LogP contribution in [-0.4, -0.2) is 64.1 Å². The third-order valence-corrected chi connectivity index (χ3v) is 7.07. The smallest absolute Gasteiger partial charge is 0.242 e. The molecule has 0 aliphatic heterocycles. The first-order chi connectivity index (χ1) is 17.2. The lowest BCUT2D eigenvalue weighted by molar-refractivity contribution is 0.319. The van der Waals surface area contributed by atoms with Gasteiger partial charge in [-0.15, -0.1) is 0 Å². The number of hydrogen-bond acceptors (Lipinski definition) is 9. The highest BCUT2D eigenvalue weighted by atomic mass is 79.9. The largest absolute Gasteiger partial charge is 0.491 e. The number of nitrogens with zero attached hydrogens (tertiary/aromatic N) is 3. The van der Waals surface area contributed by atoms with Crippen LogP contribution in [0.1, 0.15) is 13.3 Å². The molecule has 3 aromatic rings. The predicted octanol–water partition coefficient (Wildman–Crippen LogP) is 4.40. The van der Waals surface area contributed by atoms with Crippen molar-refractivity contribution in [3.8, 4) is 5.75 Å². The molecule has 0 amide bonds. The van der Waals surface area contributed by atoms with Gasteiger partial charge in [0.15, 0.2) is 0 Å². The number of rotatable bonds is 13. The maximum Gasteiger partial charge on any atom is 0.242 e. The zero-order valence-electron chi connectivity index (χ0n) is 20.8. The Balaban J connectivity index is 1.85. The van der Waals surface area contributed by atoms with Crippen LogP contribution in [0.15, 0.2) is 58.0 Å². The van der Waals surface area contributed by atoms with Gasteiger partial charge in [-0.3, -0.25) is 0 Å². The maximum absolute atomic E-state index is 12.4. The fraction of sp³-hybridized carbons (Fsp3) is 0.333. The van der Waals surface area contributed by atoms with E-state index in [1.54, 1.807) is 24.4 Å². The summed E-state index contributed by atoms with van der Waals surface area (Å²) in [6.07, 6.45) is 2.46. The average Bonchev–Trinajstić information content (AvgIpc) is 2.86. The summed E-state index contributed by atoms with van der Waals surface area (Å²) in [5, 5.41) is 9.71. The van der Waals surface area contributed by atoms with Crippen molar-refractivity contribution in [1.82, 2.24) is 19.6 Å². The lowest BCUT2D eigenvalue weighted by Gasteiger charge is -2.17. The van der Waals surface area contributed by atoms with Gasteiger partial charge in [0.1, 0.15) is 16.5 Å². The van der Waals surface area contributed by atoms with Gasteiger partial charge >= 0.3 is 0 Å². The van der Waals surface area contributed by atoms with E-state index in [9.17, 15) is 8.42 Å². The lowest BCUT2D eigenvalue weighted by Crippen LogP contribution is -2.20. The molecular formula is C24H32BrN7O3S. The minimum Gasteiger partial charge on any atom is -0.491 e. The summed E-state index contributed by atoms with van der Waals surface area (Å²) in [6.45, 7) is 4.34. The molecule has 0 saturated carbocycles. The van der Waals surface area contributed by atoms with Gasteiger partial charge in [-0.1, -0.05) is 19.1 Å². The Morgan fingerprint density at radius 1 is 1.08 bits per heavy atom. The van der Waals surface area contributed by atoms with Crippen LogP contribution < -0.4 is 25.4 Å². The third-order valence-electron chi connectivity index (χ3n) is 5.02. The molecule has 36 heavy (non-hydrogen) atoms. The number of halogens is 1. The number of nitrogens with one attached hydrogen (secondary N) is 4. The van der Waals surface area contributed by atoms with E-state index >= 15 is 0 Å². The van der Waals surface area contributed by atoms with Gasteiger partial charge in [-0.05, 0) is 67.8 Å². The Hall–Kier alpha value is -2.93. The molecule has 0 spiro atoms. The third kappa shape index (κ3) is 7.53. The molecule has 3 rings (SSSR count). The molecule has 4 N–H and O–H groups in total. The van der Waals surface area contributed by atoms with Crippen LogP contribution in [0.3, 0.4) is 0 Å². The minimum absolute atomic E-state index is 0.111. The molecule has 0 atom stereocenters. The second-order valence-corrected chi connectivity index (χ2v) is 10.8. The molecular weight excluding hydrogens is 546 g/mol. The van der Waals surface area contributed by atoms with Crippen LogP contribution in [0.25, 0.3) is 0 Å². The molecule has 2 aromatic carbocycles. The standard InChI is InChI=1S/C24H32BrN7O3S/c1-5-14-35-21-15-17(27-12-13-32(3)4)10-11-19(21)30-24-28-16-18(25)23(31-24)29-20-8-6-7-9-22(20)36(33,34)26-2/h6-11,15-16,26-27H,5,12-14H2,1-4H3,(H2,28,29,30,31). The maximum atomic E-state index is 12.4. The Labute approximate surface area is 221 Å². The van der Waals surface area contributed by atoms with Crippen LogP contribution in [0.5, 0.6) is 5.75 Å². The van der Waals surface area contributed by atoms with Crippen molar-refractivity contribution in [2.24, 2.45) is 0 Å². The van der Waals surface area contributed by atoms with Crippen molar-refractivity contribution in [1.29, 1.82) is 0 Å². The number of aromatic nitrogens is 2. The first-order valence-corrected chi connectivity index (χ1v) is 13.8. The van der Waals surface area contributed by atoms with Gasteiger partial charge in [0.05, 0.1) is 22.5 Å². The molecule has 0 unspecified atom stereocenters. The Bertz CT molecular complexity index is 1270. The van der Waals surface area contributed by atoms with Crippen LogP contribution >= 0.6 is 15.9 Å². The molecule has 0 aliphatic rings. The summed E-state index contributed by atoms with van der Waals surface area (Å²) in [4.78, 5) is 11.1. The molecule has 0 bridgehead atoms. The van der Waals surface area contributed by atoms with Crippen LogP contribution in [-0.2, 0) is 10.0 Å². The first kappa shape index (κ1) is 27.7. The summed E-state index contributed by atoms with van der Waals surface area (Å²) >= 11 is 3.44. The molecule has 1 heterocycles. The molecule has 0 fully saturated rings. The van der Waals surface area contributed by atoms with Gasteiger partial charge in [-0.25, -0.2) is 18.1 Å². The van der Waals surface area contributed by atoms with Gasteiger partial charge in [0.2, 0.25) is 16.0 Å². The topological polar surface area (TPSA) is 121 Å². The van der Waals surface area contributed by atoms with E-state index in [4.69, 9.17) is 4.74 Å². The normalized spacial score (nSPS) is 11.4. The highest BCUT2D eigenvalue weighted by Crippen LogP contribution is 2.32. The Kier molecular flexibility index (Phi) is 9.88. The highest BCUT2D eigenvalue weighted by molar-refractivity contribution is 9.10. The zero-order valence-corrected chi connectivity index (χ0v) is 23.2. The van der Waals surface area contributed by atoms with Gasteiger partial charge in [0.25, 0.3) is 0 Å². The van der Waals surface area contributed by atoms with Gasteiger partial charge in [-0.2, -0.15) is 4.98 Å². The number of anilines is 5. The average molecular weight is 579 g/mol. The van der Waals surface area contributed by atoms with Crippen molar-refractivity contribution in [2.45, 2.75) is 18.2 Å². The number of likely N-dealkylation sites (N-methyl/N-ethyl adjacent to an activating group) is 1. The summed E-state index contributed by atoms with van der Waals surface area (Å²) in [6, 6.07) is 12.4. The Morgan fingerprint density at radius 3 is 2.58 bits per heavy atom. The first-order valence-electron chi connectivity index (χ1n) is 11.5. The lowest BCUT2D eigenvalue weighted by atomic mass is 10.2. The second kappa shape index (κ2) is 12.9. The van der Waals surface area contributed by atoms with E-state index < -0.39 is 10.0 Å². The summed E-state index contributed by atoms with van der Waals surface area (Å²) in [5.41, 5.74) is 2.06. The number of sulfonamides is 1. The molecule has 0 saturated heterocycles. The van der Waals surface area contributed by atoms with Crippen molar-refractivity contribution in [2.75, 3.05) is 56.8 Å². The quantitative estimate of drug-likeness (QED) is 0.234. The molecule has 0 radical (unpaired) electrons. The molecule has 12 heteroatoms. The summed E-state index contributed by atoms with van der Waals surface area (Å²) in [5.74, 6) is 1.41. The van der Waals surface area contributed by atoms with E-state index in [0.717, 1.165) is 25.2 Å².